The smallest absolute Gasteiger partial charge is 0.0164 e. The van der Waals surface area contributed by atoms with Crippen LogP contribution in [0.15, 0.2) is 29.2 Å². The van der Waals surface area contributed by atoms with Gasteiger partial charge in [-0.2, -0.15) is 0 Å². The van der Waals surface area contributed by atoms with Crippen molar-refractivity contribution in [1.82, 2.24) is 0 Å². The van der Waals surface area contributed by atoms with Gasteiger partial charge in [-0.25, -0.2) is 0 Å². The average molecular weight is 190 g/mol. The van der Waals surface area contributed by atoms with E-state index in [1.807, 2.05) is 0 Å². The van der Waals surface area contributed by atoms with Crippen LogP contribution in [0.5, 0.6) is 0 Å². The van der Waals surface area contributed by atoms with E-state index in [0.717, 1.165) is 11.2 Å². The predicted octanol–water partition coefficient (Wildman–Crippen LogP) is 3.82. The summed E-state index contributed by atoms with van der Waals surface area (Å²) in [6.07, 6.45) is 5.75. The lowest BCUT2D eigenvalue weighted by Gasteiger charge is -2.24. The molecular formula is C12H14S. The second-order valence-electron chi connectivity index (χ2n) is 4.09. The monoisotopic (exact) mass is 190 g/mol. The first-order valence-electron chi connectivity index (χ1n) is 5.21. The van der Waals surface area contributed by atoms with Crippen molar-refractivity contribution in [1.29, 1.82) is 0 Å². The van der Waals surface area contributed by atoms with Crippen LogP contribution in [0.25, 0.3) is 0 Å². The third kappa shape index (κ3) is 1.21. The fourth-order valence-electron chi connectivity index (χ4n) is 2.65. The maximum atomic E-state index is 2.33. The zero-order valence-corrected chi connectivity index (χ0v) is 8.52. The summed E-state index contributed by atoms with van der Waals surface area (Å²) < 4.78 is 0. The molecule has 1 heteroatoms. The lowest BCUT2D eigenvalue weighted by Crippen LogP contribution is -2.14. The second kappa shape index (κ2) is 3.06. The van der Waals surface area contributed by atoms with E-state index in [4.69, 9.17) is 0 Å². The van der Waals surface area contributed by atoms with Crippen molar-refractivity contribution >= 4 is 11.8 Å². The molecule has 0 spiro atoms. The van der Waals surface area contributed by atoms with E-state index in [0.29, 0.717) is 0 Å². The molecule has 0 saturated heterocycles. The highest BCUT2D eigenvalue weighted by Crippen LogP contribution is 2.51. The fourth-order valence-corrected chi connectivity index (χ4v) is 4.22. The molecule has 2 aliphatic rings. The summed E-state index contributed by atoms with van der Waals surface area (Å²) in [6, 6.07) is 8.98. The zero-order valence-electron chi connectivity index (χ0n) is 7.70. The molecule has 1 aromatic carbocycles. The molecule has 0 amide bonds. The van der Waals surface area contributed by atoms with Crippen LogP contribution in [0.3, 0.4) is 0 Å². The number of fused-ring (bicyclic) bond motifs is 3. The minimum absolute atomic E-state index is 0.884. The normalized spacial score (nSPS) is 31.1. The molecule has 1 fully saturated rings. The molecule has 0 bridgehead atoms. The Bertz CT molecular complexity index is 319. The van der Waals surface area contributed by atoms with Crippen LogP contribution in [0.2, 0.25) is 0 Å². The van der Waals surface area contributed by atoms with Gasteiger partial charge in [0.05, 0.1) is 0 Å². The molecule has 0 aromatic heterocycles. The topological polar surface area (TPSA) is 0 Å². The van der Waals surface area contributed by atoms with Crippen LogP contribution >= 0.6 is 11.8 Å². The first-order chi connectivity index (χ1) is 6.45. The van der Waals surface area contributed by atoms with E-state index in [2.05, 4.69) is 36.0 Å². The van der Waals surface area contributed by atoms with E-state index >= 15 is 0 Å². The Balaban J connectivity index is 2.01. The Morgan fingerprint density at radius 1 is 1.08 bits per heavy atom. The van der Waals surface area contributed by atoms with Crippen LogP contribution in [0.1, 0.15) is 37.2 Å². The SMILES string of the molecule is c1ccc2c(c1)S[C@@H]1CCCC[C@H]21. The molecule has 1 aliphatic carbocycles. The van der Waals surface area contributed by atoms with Gasteiger partial charge in [0.1, 0.15) is 0 Å². The van der Waals surface area contributed by atoms with E-state index < -0.39 is 0 Å². The third-order valence-electron chi connectivity index (χ3n) is 3.30. The van der Waals surface area contributed by atoms with Gasteiger partial charge >= 0.3 is 0 Å². The second-order valence-corrected chi connectivity index (χ2v) is 5.37. The molecule has 1 heterocycles. The highest BCUT2D eigenvalue weighted by molar-refractivity contribution is 8.00. The van der Waals surface area contributed by atoms with Crippen molar-refractivity contribution in [3.63, 3.8) is 0 Å². The molecule has 13 heavy (non-hydrogen) atoms. The van der Waals surface area contributed by atoms with Crippen molar-refractivity contribution in [3.8, 4) is 0 Å². The van der Waals surface area contributed by atoms with Gasteiger partial charge in [0.2, 0.25) is 0 Å². The Morgan fingerprint density at radius 2 is 1.92 bits per heavy atom. The fraction of sp³-hybridized carbons (Fsp3) is 0.500. The van der Waals surface area contributed by atoms with Crippen molar-refractivity contribution in [3.05, 3.63) is 29.8 Å². The van der Waals surface area contributed by atoms with E-state index in [1.165, 1.54) is 25.7 Å². The summed E-state index contributed by atoms with van der Waals surface area (Å²) in [5.41, 5.74) is 1.64. The van der Waals surface area contributed by atoms with E-state index in [9.17, 15) is 0 Å². The quantitative estimate of drug-likeness (QED) is 0.599. The van der Waals surface area contributed by atoms with Crippen molar-refractivity contribution < 1.29 is 0 Å². The summed E-state index contributed by atoms with van der Waals surface area (Å²) in [5, 5.41) is 0.908. The van der Waals surface area contributed by atoms with Gasteiger partial charge in [0.15, 0.2) is 0 Å². The molecule has 3 rings (SSSR count). The molecule has 1 aromatic rings. The van der Waals surface area contributed by atoms with Crippen LogP contribution < -0.4 is 0 Å². The largest absolute Gasteiger partial charge is 0.122 e. The average Bonchev–Trinajstić information content (AvgIpc) is 2.56. The lowest BCUT2D eigenvalue weighted by atomic mass is 9.84. The van der Waals surface area contributed by atoms with Gasteiger partial charge < -0.3 is 0 Å². The standard InChI is InChI=1S/C12H14S/c1-3-7-11-9(5-1)10-6-2-4-8-12(10)13-11/h1,3,5,7,10,12H,2,4,6,8H2/t10-,12-/m1/s1. The van der Waals surface area contributed by atoms with Crippen molar-refractivity contribution in [2.75, 3.05) is 0 Å². The Hall–Kier alpha value is -0.430. The minimum atomic E-state index is 0.884. The molecular weight excluding hydrogens is 176 g/mol. The molecule has 0 radical (unpaired) electrons. The summed E-state index contributed by atoms with van der Waals surface area (Å²) in [7, 11) is 0. The predicted molar refractivity (Wildman–Crippen MR) is 57.3 cm³/mol. The van der Waals surface area contributed by atoms with Crippen molar-refractivity contribution in [2.45, 2.75) is 41.7 Å². The highest BCUT2D eigenvalue weighted by atomic mass is 32.2. The molecule has 0 N–H and O–H groups in total. The number of hydrogen-bond donors (Lipinski definition) is 0. The highest BCUT2D eigenvalue weighted by Gasteiger charge is 2.34. The Labute approximate surface area is 83.7 Å². The molecule has 0 nitrogen and oxygen atoms in total. The van der Waals surface area contributed by atoms with Crippen LogP contribution in [0, 0.1) is 0 Å². The van der Waals surface area contributed by atoms with Gasteiger partial charge in [-0.05, 0) is 30.4 Å². The summed E-state index contributed by atoms with van der Waals surface area (Å²) in [4.78, 5) is 1.56. The number of hydrogen-bond acceptors (Lipinski definition) is 1. The van der Waals surface area contributed by atoms with E-state index in [-0.39, 0.29) is 0 Å². The lowest BCUT2D eigenvalue weighted by molar-refractivity contribution is 0.461. The zero-order chi connectivity index (χ0) is 8.67. The molecule has 0 unspecified atom stereocenters. The summed E-state index contributed by atoms with van der Waals surface area (Å²) in [6.45, 7) is 0. The Morgan fingerprint density at radius 3 is 2.92 bits per heavy atom. The molecule has 1 aliphatic heterocycles. The molecule has 1 saturated carbocycles. The first kappa shape index (κ1) is 7.93. The van der Waals surface area contributed by atoms with Crippen LogP contribution in [-0.2, 0) is 0 Å². The van der Waals surface area contributed by atoms with Gasteiger partial charge in [-0.1, -0.05) is 31.0 Å². The maximum Gasteiger partial charge on any atom is 0.0164 e. The first-order valence-corrected chi connectivity index (χ1v) is 6.09. The number of benzene rings is 1. The van der Waals surface area contributed by atoms with Gasteiger partial charge in [0, 0.05) is 10.1 Å². The van der Waals surface area contributed by atoms with Gasteiger partial charge in [-0.15, -0.1) is 11.8 Å². The van der Waals surface area contributed by atoms with Crippen molar-refractivity contribution in [2.24, 2.45) is 0 Å². The summed E-state index contributed by atoms with van der Waals surface area (Å²) >= 11 is 2.12. The van der Waals surface area contributed by atoms with Crippen LogP contribution in [-0.4, -0.2) is 5.25 Å². The maximum absolute atomic E-state index is 2.33. The third-order valence-corrected chi connectivity index (χ3v) is 4.79. The molecule has 68 valence electrons. The number of thioether (sulfide) groups is 1. The minimum Gasteiger partial charge on any atom is -0.122 e. The molecule has 2 atom stereocenters. The summed E-state index contributed by atoms with van der Waals surface area (Å²) in [5.74, 6) is 0.884. The number of rotatable bonds is 0. The van der Waals surface area contributed by atoms with E-state index in [1.54, 1.807) is 10.5 Å². The van der Waals surface area contributed by atoms with Crippen LogP contribution in [0.4, 0.5) is 0 Å². The Kier molecular flexibility index (Phi) is 1.86. The van der Waals surface area contributed by atoms with Gasteiger partial charge in [-0.3, -0.25) is 0 Å². The van der Waals surface area contributed by atoms with Gasteiger partial charge in [0.25, 0.3) is 0 Å².